The van der Waals surface area contributed by atoms with Crippen LogP contribution in [-0.2, 0) is 36.8 Å². The summed E-state index contributed by atoms with van der Waals surface area (Å²) in [7, 11) is 0. The Morgan fingerprint density at radius 1 is 0.750 bits per heavy atom. The Bertz CT molecular complexity index is 1580. The molecule has 0 spiro atoms. The number of hydrogen-bond acceptors (Lipinski definition) is 10. The summed E-state index contributed by atoms with van der Waals surface area (Å²) in [6, 6.07) is 14.2. The number of rotatable bonds is 5. The minimum Gasteiger partial charge on any atom is -0.368 e. The van der Waals surface area contributed by atoms with E-state index in [0.29, 0.717) is 19.4 Å². The zero-order valence-corrected chi connectivity index (χ0v) is 27.1. The number of halogens is 1. The molecule has 254 valence electrons. The molecule has 0 aliphatic carbocycles. The maximum absolute atomic E-state index is 13.4. The van der Waals surface area contributed by atoms with Crippen molar-refractivity contribution in [2.45, 2.75) is 63.2 Å². The van der Waals surface area contributed by atoms with Crippen molar-refractivity contribution in [2.24, 2.45) is 5.73 Å². The third kappa shape index (κ3) is 11.2. The number of benzene rings is 2. The average Bonchev–Trinajstić information content (AvgIpc) is 3.06. The standard InChI is InChI=1S/C32H39ClN10O5/c1-19-27(46)39-24(17-21-12-6-3-7-13-21)29(48)38-22(26(34)45)14-8-9-15-35-31-41-30(33)42-32(43-31)40-23(16-20-10-4-2-5-11-20)28(47)36-18-25(44)37-19/h2-7,10-13,19,22-24H,8-9,14-18H2,1H3,(H2,34,45)(H,36,47)(H,37,44)(H,38,48)(H,39,46)(H2,35,40,41,42,43)/t19-,22-,23-,24-/m0/s1. The van der Waals surface area contributed by atoms with E-state index in [2.05, 4.69) is 46.9 Å². The third-order valence-corrected chi connectivity index (χ3v) is 7.65. The normalized spacial score (nSPS) is 21.8. The first-order valence-corrected chi connectivity index (χ1v) is 15.9. The van der Waals surface area contributed by atoms with E-state index in [4.69, 9.17) is 17.3 Å². The smallest absolute Gasteiger partial charge is 0.243 e. The number of amides is 5. The van der Waals surface area contributed by atoms with E-state index in [1.165, 1.54) is 6.92 Å². The molecule has 1 aliphatic heterocycles. The zero-order chi connectivity index (χ0) is 34.5. The highest BCUT2D eigenvalue weighted by Crippen LogP contribution is 2.14. The van der Waals surface area contributed by atoms with Crippen LogP contribution in [0.1, 0.15) is 37.3 Å². The average molecular weight is 679 g/mol. The first kappa shape index (κ1) is 35.5. The minimum absolute atomic E-state index is 0.0343. The van der Waals surface area contributed by atoms with Crippen LogP contribution in [0.25, 0.3) is 0 Å². The molecular weight excluding hydrogens is 640 g/mol. The molecule has 0 saturated carbocycles. The second-order valence-corrected chi connectivity index (χ2v) is 11.6. The summed E-state index contributed by atoms with van der Waals surface area (Å²) >= 11 is 6.16. The lowest BCUT2D eigenvalue weighted by molar-refractivity contribution is -0.133. The van der Waals surface area contributed by atoms with Gasteiger partial charge in [0.1, 0.15) is 24.2 Å². The van der Waals surface area contributed by atoms with Gasteiger partial charge in [0.05, 0.1) is 6.54 Å². The lowest BCUT2D eigenvalue weighted by atomic mass is 10.0. The monoisotopic (exact) mass is 678 g/mol. The van der Waals surface area contributed by atoms with E-state index in [9.17, 15) is 24.0 Å². The summed E-state index contributed by atoms with van der Waals surface area (Å²) in [4.78, 5) is 77.5. The molecule has 0 unspecified atom stereocenters. The number of nitrogens with one attached hydrogen (secondary N) is 6. The third-order valence-electron chi connectivity index (χ3n) is 7.48. The van der Waals surface area contributed by atoms with Gasteiger partial charge >= 0.3 is 0 Å². The van der Waals surface area contributed by atoms with Crippen molar-refractivity contribution in [1.82, 2.24) is 36.2 Å². The van der Waals surface area contributed by atoms with Gasteiger partial charge in [-0.25, -0.2) is 0 Å². The van der Waals surface area contributed by atoms with Crippen LogP contribution in [0.3, 0.4) is 0 Å². The molecule has 4 atom stereocenters. The molecule has 16 heteroatoms. The molecule has 4 rings (SSSR count). The molecule has 1 aliphatic rings. The number of anilines is 2. The quantitative estimate of drug-likeness (QED) is 0.198. The fraction of sp³-hybridized carbons (Fsp3) is 0.375. The summed E-state index contributed by atoms with van der Waals surface area (Å²) < 4.78 is 0. The lowest BCUT2D eigenvalue weighted by Crippen LogP contribution is -2.57. The van der Waals surface area contributed by atoms with Gasteiger partial charge < -0.3 is 37.6 Å². The maximum atomic E-state index is 13.4. The summed E-state index contributed by atoms with van der Waals surface area (Å²) in [5, 5.41) is 16.4. The van der Waals surface area contributed by atoms with E-state index in [-0.39, 0.29) is 36.4 Å². The highest BCUT2D eigenvalue weighted by Gasteiger charge is 2.28. The van der Waals surface area contributed by atoms with Gasteiger partial charge in [0.15, 0.2) is 0 Å². The van der Waals surface area contributed by atoms with Crippen LogP contribution in [-0.4, -0.2) is 81.7 Å². The summed E-state index contributed by atoms with van der Waals surface area (Å²) in [6.45, 7) is 1.39. The van der Waals surface area contributed by atoms with E-state index < -0.39 is 60.2 Å². The maximum Gasteiger partial charge on any atom is 0.243 e. The van der Waals surface area contributed by atoms with Crippen LogP contribution in [0, 0.1) is 0 Å². The molecule has 3 aromatic rings. The highest BCUT2D eigenvalue weighted by atomic mass is 35.5. The molecule has 1 aromatic heterocycles. The number of hydrogen-bond donors (Lipinski definition) is 7. The molecule has 8 N–H and O–H groups in total. The van der Waals surface area contributed by atoms with E-state index >= 15 is 0 Å². The topological polar surface area (TPSA) is 222 Å². The molecule has 0 radical (unpaired) electrons. The van der Waals surface area contributed by atoms with Crippen LogP contribution in [0.4, 0.5) is 11.9 Å². The van der Waals surface area contributed by atoms with E-state index in [1.54, 1.807) is 24.3 Å². The van der Waals surface area contributed by atoms with Crippen molar-refractivity contribution >= 4 is 53.0 Å². The highest BCUT2D eigenvalue weighted by molar-refractivity contribution is 6.28. The number of carbonyl (C=O) groups is 5. The molecule has 48 heavy (non-hydrogen) atoms. The molecule has 15 nitrogen and oxygen atoms in total. The number of carbonyl (C=O) groups excluding carboxylic acids is 5. The van der Waals surface area contributed by atoms with Gasteiger partial charge in [-0.05, 0) is 48.9 Å². The Kier molecular flexibility index (Phi) is 13.0. The Morgan fingerprint density at radius 2 is 1.35 bits per heavy atom. The van der Waals surface area contributed by atoms with Gasteiger partial charge in [-0.3, -0.25) is 24.0 Å². The van der Waals surface area contributed by atoms with Crippen molar-refractivity contribution in [3.8, 4) is 0 Å². The number of primary amides is 1. The Morgan fingerprint density at radius 3 is 1.98 bits per heavy atom. The summed E-state index contributed by atoms with van der Waals surface area (Å²) in [6.07, 6.45) is 1.62. The molecule has 2 heterocycles. The second kappa shape index (κ2) is 17.6. The van der Waals surface area contributed by atoms with Gasteiger partial charge in [0.2, 0.25) is 46.7 Å². The molecule has 2 aromatic carbocycles. The van der Waals surface area contributed by atoms with E-state index in [0.717, 1.165) is 11.1 Å². The van der Waals surface area contributed by atoms with Gasteiger partial charge in [-0.15, -0.1) is 0 Å². The predicted molar refractivity (Wildman–Crippen MR) is 179 cm³/mol. The molecular formula is C32H39ClN10O5. The van der Waals surface area contributed by atoms with Crippen molar-refractivity contribution in [3.05, 3.63) is 77.1 Å². The molecule has 5 amide bonds. The fourth-order valence-corrected chi connectivity index (χ4v) is 5.10. The minimum atomic E-state index is -1.08. The van der Waals surface area contributed by atoms with Gasteiger partial charge in [0, 0.05) is 19.4 Å². The predicted octanol–water partition coefficient (Wildman–Crippen LogP) is 0.463. The van der Waals surface area contributed by atoms with Gasteiger partial charge in [0.25, 0.3) is 0 Å². The number of fused-ring (bicyclic) bond motifs is 2. The Labute approximate surface area is 282 Å². The first-order chi connectivity index (χ1) is 23.1. The van der Waals surface area contributed by atoms with Crippen LogP contribution in [0.15, 0.2) is 60.7 Å². The van der Waals surface area contributed by atoms with E-state index in [1.807, 2.05) is 36.4 Å². The van der Waals surface area contributed by atoms with Crippen LogP contribution in [0.2, 0.25) is 5.28 Å². The molecule has 2 bridgehead atoms. The van der Waals surface area contributed by atoms with Gasteiger partial charge in [-0.1, -0.05) is 60.7 Å². The van der Waals surface area contributed by atoms with Crippen molar-refractivity contribution in [1.29, 1.82) is 0 Å². The SMILES string of the molecule is C[C@@H]1NC(=O)CNC(=O)[C@H](Cc2ccccc2)Nc2nc(Cl)nc(n2)NCCCC[C@@H](C(N)=O)NC(=O)[C@H](Cc2ccccc2)NC1=O. The van der Waals surface area contributed by atoms with Crippen molar-refractivity contribution < 1.29 is 24.0 Å². The first-order valence-electron chi connectivity index (χ1n) is 15.5. The van der Waals surface area contributed by atoms with Gasteiger partial charge in [-0.2, -0.15) is 15.0 Å². The molecule has 0 saturated heterocycles. The summed E-state index contributed by atoms with van der Waals surface area (Å²) in [5.41, 5.74) is 7.22. The number of aromatic nitrogens is 3. The second-order valence-electron chi connectivity index (χ2n) is 11.3. The Hall–Kier alpha value is -5.31. The van der Waals surface area contributed by atoms with Crippen LogP contribution < -0.4 is 37.6 Å². The van der Waals surface area contributed by atoms with Crippen molar-refractivity contribution in [2.75, 3.05) is 23.7 Å². The molecule has 0 fully saturated rings. The van der Waals surface area contributed by atoms with Crippen molar-refractivity contribution in [3.63, 3.8) is 0 Å². The van der Waals surface area contributed by atoms with Crippen LogP contribution in [0.5, 0.6) is 0 Å². The van der Waals surface area contributed by atoms with Crippen LogP contribution >= 0.6 is 11.6 Å². The largest absolute Gasteiger partial charge is 0.368 e. The Balaban J connectivity index is 1.56. The fourth-order valence-electron chi connectivity index (χ4n) is 4.94. The number of nitrogens with zero attached hydrogens (tertiary/aromatic N) is 3. The lowest BCUT2D eigenvalue weighted by Gasteiger charge is -2.24. The zero-order valence-electron chi connectivity index (χ0n) is 26.4. The number of nitrogens with two attached hydrogens (primary N) is 1. The summed E-state index contributed by atoms with van der Waals surface area (Å²) in [5.74, 6) is -2.93.